The third kappa shape index (κ3) is 5.71. The number of rotatable bonds is 10. The van der Waals surface area contributed by atoms with Crippen molar-refractivity contribution in [2.45, 2.75) is 25.8 Å². The van der Waals surface area contributed by atoms with Gasteiger partial charge in [0.15, 0.2) is 0 Å². The summed E-state index contributed by atoms with van der Waals surface area (Å²) in [6.07, 6.45) is 0.736. The van der Waals surface area contributed by atoms with Gasteiger partial charge in [-0.15, -0.1) is 0 Å². The van der Waals surface area contributed by atoms with E-state index in [1.165, 1.54) is 7.11 Å². The largest absolute Gasteiger partial charge is 0.487 e. The lowest BCUT2D eigenvalue weighted by Crippen LogP contribution is -2.14. The number of anilines is 1. The molecule has 0 aromatic heterocycles. The lowest BCUT2D eigenvalue weighted by Gasteiger charge is -2.12. The van der Waals surface area contributed by atoms with Crippen molar-refractivity contribution in [1.29, 1.82) is 0 Å². The average molecular weight is 445 g/mol. The summed E-state index contributed by atoms with van der Waals surface area (Å²) >= 11 is 0. The Kier molecular flexibility index (Phi) is 6.93. The summed E-state index contributed by atoms with van der Waals surface area (Å²) in [4.78, 5) is 16.1. The van der Waals surface area contributed by atoms with Crippen LogP contribution in [0.2, 0.25) is 0 Å². The Morgan fingerprint density at radius 1 is 1.06 bits per heavy atom. The minimum absolute atomic E-state index is 0.157. The summed E-state index contributed by atoms with van der Waals surface area (Å²) < 4.78 is 5.94. The highest BCUT2D eigenvalue weighted by atomic mass is 16.6. The molecule has 170 valence electrons. The first kappa shape index (κ1) is 22.4. The van der Waals surface area contributed by atoms with Crippen LogP contribution in [0.1, 0.15) is 34.6 Å². The summed E-state index contributed by atoms with van der Waals surface area (Å²) in [5, 5.41) is 16.6. The maximum absolute atomic E-state index is 11.0. The Bertz CT molecular complexity index is 1120. The van der Waals surface area contributed by atoms with Crippen molar-refractivity contribution in [1.82, 2.24) is 0 Å². The van der Waals surface area contributed by atoms with Gasteiger partial charge in [0.25, 0.3) is 0 Å². The van der Waals surface area contributed by atoms with E-state index in [1.54, 1.807) is 0 Å². The van der Waals surface area contributed by atoms with Crippen molar-refractivity contribution >= 4 is 17.4 Å². The molecule has 1 aliphatic carbocycles. The molecule has 0 amide bonds. The monoisotopic (exact) mass is 444 g/mol. The van der Waals surface area contributed by atoms with E-state index >= 15 is 0 Å². The molecule has 0 heterocycles. The van der Waals surface area contributed by atoms with Crippen molar-refractivity contribution in [3.05, 3.63) is 95.1 Å². The second kappa shape index (κ2) is 10.2. The first-order valence-corrected chi connectivity index (χ1v) is 11.0. The predicted molar refractivity (Wildman–Crippen MR) is 129 cm³/mol. The molecule has 2 atom stereocenters. The van der Waals surface area contributed by atoms with Crippen LogP contribution < -0.4 is 10.1 Å². The third-order valence-electron chi connectivity index (χ3n) is 5.90. The molecule has 0 aliphatic heterocycles. The van der Waals surface area contributed by atoms with E-state index in [4.69, 9.17) is 14.7 Å². The smallest absolute Gasteiger partial charge is 0.307 e. The van der Waals surface area contributed by atoms with E-state index in [0.29, 0.717) is 13.2 Å². The molecule has 33 heavy (non-hydrogen) atoms. The molecule has 0 saturated heterocycles. The van der Waals surface area contributed by atoms with Crippen molar-refractivity contribution in [3.8, 4) is 5.75 Å². The van der Waals surface area contributed by atoms with Crippen molar-refractivity contribution in [3.63, 3.8) is 0 Å². The lowest BCUT2D eigenvalue weighted by molar-refractivity contribution is -0.138. The number of ether oxygens (including phenoxy) is 1. The van der Waals surface area contributed by atoms with Crippen LogP contribution in [0, 0.1) is 12.8 Å². The molecule has 3 aromatic rings. The molecule has 3 aromatic carbocycles. The number of aliphatic carboxylic acids is 1. The normalized spacial score (nSPS) is 17.3. The van der Waals surface area contributed by atoms with Crippen LogP contribution >= 0.6 is 0 Å². The Labute approximate surface area is 193 Å². The number of carboxylic acid groups (broad SMARTS) is 1. The molecule has 1 aliphatic rings. The van der Waals surface area contributed by atoms with E-state index in [9.17, 15) is 4.79 Å². The van der Waals surface area contributed by atoms with Gasteiger partial charge in [0.1, 0.15) is 25.2 Å². The molecule has 4 rings (SSSR count). The van der Waals surface area contributed by atoms with Gasteiger partial charge >= 0.3 is 5.97 Å². The molecule has 0 unspecified atom stereocenters. The second-order valence-corrected chi connectivity index (χ2v) is 8.23. The average Bonchev–Trinajstić information content (AvgIpc) is 3.63. The van der Waals surface area contributed by atoms with Crippen molar-refractivity contribution in [2.24, 2.45) is 11.1 Å². The fourth-order valence-corrected chi connectivity index (χ4v) is 3.90. The molecule has 2 N–H and O–H groups in total. The summed E-state index contributed by atoms with van der Waals surface area (Å²) in [6.45, 7) is 3.03. The molecule has 0 radical (unpaired) electrons. The maximum atomic E-state index is 11.0. The van der Waals surface area contributed by atoms with Crippen LogP contribution in [0.5, 0.6) is 5.75 Å². The highest BCUT2D eigenvalue weighted by molar-refractivity contribution is 6.02. The molecule has 6 heteroatoms. The summed E-state index contributed by atoms with van der Waals surface area (Å²) in [7, 11) is 1.53. The quantitative estimate of drug-likeness (QED) is 0.331. The SMILES string of the molecule is CON=C(COc1ccc(CNc2ccc([C@@H]3C[C@H]3C(=O)O)cc2)cc1)c1ccccc1C. The molecule has 1 fully saturated rings. The number of carboxylic acids is 1. The van der Waals surface area contributed by atoms with E-state index in [0.717, 1.165) is 45.8 Å². The van der Waals surface area contributed by atoms with Crippen molar-refractivity contribution in [2.75, 3.05) is 19.0 Å². The predicted octanol–water partition coefficient (Wildman–Crippen LogP) is 5.22. The lowest BCUT2D eigenvalue weighted by atomic mass is 10.0. The number of hydrogen-bond acceptors (Lipinski definition) is 5. The van der Waals surface area contributed by atoms with Gasteiger partial charge in [0, 0.05) is 17.8 Å². The molecule has 1 saturated carbocycles. The topological polar surface area (TPSA) is 80.2 Å². The van der Waals surface area contributed by atoms with E-state index in [-0.39, 0.29) is 11.8 Å². The number of benzene rings is 3. The van der Waals surface area contributed by atoms with Crippen LogP contribution in [0.3, 0.4) is 0 Å². The van der Waals surface area contributed by atoms with Gasteiger partial charge in [-0.1, -0.05) is 53.7 Å². The van der Waals surface area contributed by atoms with Crippen LogP contribution in [-0.2, 0) is 16.2 Å². The number of aryl methyl sites for hydroxylation is 1. The first-order chi connectivity index (χ1) is 16.0. The van der Waals surface area contributed by atoms with Crippen LogP contribution in [0.4, 0.5) is 5.69 Å². The molecule has 6 nitrogen and oxygen atoms in total. The fraction of sp³-hybridized carbons (Fsp3) is 0.259. The Morgan fingerprint density at radius 3 is 2.42 bits per heavy atom. The number of hydrogen-bond donors (Lipinski definition) is 2. The first-order valence-electron chi connectivity index (χ1n) is 11.0. The summed E-state index contributed by atoms with van der Waals surface area (Å²) in [6, 6.07) is 24.0. The maximum Gasteiger partial charge on any atom is 0.307 e. The number of nitrogens with zero attached hydrogens (tertiary/aromatic N) is 1. The fourth-order valence-electron chi connectivity index (χ4n) is 3.90. The minimum atomic E-state index is -0.702. The molecule has 0 spiro atoms. The summed E-state index contributed by atoms with van der Waals surface area (Å²) in [5.74, 6) is -0.00706. The molecule has 0 bridgehead atoms. The summed E-state index contributed by atoms with van der Waals surface area (Å²) in [5.41, 5.74) is 6.09. The van der Waals surface area contributed by atoms with Gasteiger partial charge in [-0.05, 0) is 60.2 Å². The minimum Gasteiger partial charge on any atom is -0.487 e. The standard InChI is InChI=1S/C27H28N2O4/c1-18-5-3-4-6-23(18)26(29-32-2)17-33-22-13-7-19(8-14-22)16-28-21-11-9-20(10-12-21)24-15-25(24)27(30)31/h3-14,24-25,28H,15-17H2,1-2H3,(H,30,31)/t24-,25+/m0/s1. The van der Waals surface area contributed by atoms with Crippen LogP contribution in [-0.4, -0.2) is 30.5 Å². The van der Waals surface area contributed by atoms with Crippen molar-refractivity contribution < 1.29 is 19.5 Å². The van der Waals surface area contributed by atoms with Gasteiger partial charge in [-0.2, -0.15) is 0 Å². The van der Waals surface area contributed by atoms with Gasteiger partial charge < -0.3 is 20.0 Å². The molecular formula is C27H28N2O4. The van der Waals surface area contributed by atoms with Crippen LogP contribution in [0.25, 0.3) is 0 Å². The van der Waals surface area contributed by atoms with Gasteiger partial charge in [-0.25, -0.2) is 0 Å². The van der Waals surface area contributed by atoms with Gasteiger partial charge in [0.2, 0.25) is 0 Å². The highest BCUT2D eigenvalue weighted by Crippen LogP contribution is 2.47. The zero-order valence-electron chi connectivity index (χ0n) is 18.8. The van der Waals surface area contributed by atoms with Crippen LogP contribution in [0.15, 0.2) is 78.0 Å². The van der Waals surface area contributed by atoms with E-state index in [2.05, 4.69) is 10.5 Å². The Morgan fingerprint density at radius 2 is 1.79 bits per heavy atom. The third-order valence-corrected chi connectivity index (χ3v) is 5.90. The van der Waals surface area contributed by atoms with Gasteiger partial charge in [0.05, 0.1) is 5.92 Å². The zero-order chi connectivity index (χ0) is 23.2. The van der Waals surface area contributed by atoms with Gasteiger partial charge in [-0.3, -0.25) is 4.79 Å². The number of oxime groups is 1. The Hall–Kier alpha value is -3.80. The number of nitrogens with one attached hydrogen (secondary N) is 1. The molecular weight excluding hydrogens is 416 g/mol. The van der Waals surface area contributed by atoms with E-state index in [1.807, 2.05) is 79.7 Å². The second-order valence-electron chi connectivity index (χ2n) is 8.23. The highest BCUT2D eigenvalue weighted by Gasteiger charge is 2.43. The zero-order valence-corrected chi connectivity index (χ0v) is 18.8. The van der Waals surface area contributed by atoms with E-state index < -0.39 is 5.97 Å². The Balaban J connectivity index is 1.29. The number of carbonyl (C=O) groups is 1.